The molecule has 0 saturated carbocycles. The van der Waals surface area contributed by atoms with Crippen LogP contribution in [0.2, 0.25) is 0 Å². The molecule has 0 aliphatic carbocycles. The van der Waals surface area contributed by atoms with Crippen molar-refractivity contribution in [2.45, 2.75) is 45.0 Å². The zero-order valence-corrected chi connectivity index (χ0v) is 13.6. The molecule has 1 fully saturated rings. The molecule has 2 radical (unpaired) electrons. The highest BCUT2D eigenvalue weighted by Gasteiger charge is 2.22. The van der Waals surface area contributed by atoms with Crippen molar-refractivity contribution in [1.29, 1.82) is 0 Å². The number of carbonyl (C=O) groups is 1. The number of carbonyl (C=O) groups excluding carboxylic acids is 1. The smallest absolute Gasteiger partial charge is 0.304 e. The molecule has 1 aromatic rings. The minimum absolute atomic E-state index is 0.395. The van der Waals surface area contributed by atoms with Crippen molar-refractivity contribution in [3.8, 4) is 0 Å². The summed E-state index contributed by atoms with van der Waals surface area (Å²) in [7, 11) is 7.94. The van der Waals surface area contributed by atoms with Gasteiger partial charge in [-0.3, -0.25) is 4.79 Å². The Hall–Kier alpha value is -1.29. The molecule has 0 bridgehead atoms. The van der Waals surface area contributed by atoms with E-state index >= 15 is 0 Å². The lowest BCUT2D eigenvalue weighted by molar-refractivity contribution is -0.154. The minimum atomic E-state index is -0.703. The second-order valence-corrected chi connectivity index (χ2v) is 6.43. The third kappa shape index (κ3) is 7.33. The summed E-state index contributed by atoms with van der Waals surface area (Å²) in [5.41, 5.74) is 0.274. The molecule has 2 rings (SSSR count). The second-order valence-electron chi connectivity index (χ2n) is 6.43. The fourth-order valence-corrected chi connectivity index (χ4v) is 2.04. The van der Waals surface area contributed by atoms with Crippen molar-refractivity contribution >= 4 is 13.8 Å². The van der Waals surface area contributed by atoms with Gasteiger partial charge < -0.3 is 9.64 Å². The van der Waals surface area contributed by atoms with Crippen LogP contribution < -0.4 is 0 Å². The molecule has 0 N–H and O–H groups in total. The molecule has 21 heavy (non-hydrogen) atoms. The zero-order chi connectivity index (χ0) is 15.9. The molecule has 1 heterocycles. The topological polar surface area (TPSA) is 29.5 Å². The van der Waals surface area contributed by atoms with Crippen LogP contribution in [-0.4, -0.2) is 44.5 Å². The average Bonchev–Trinajstić information content (AvgIpc) is 2.89. The van der Waals surface area contributed by atoms with Crippen molar-refractivity contribution < 1.29 is 9.53 Å². The molecule has 3 nitrogen and oxygen atoms in total. The molecule has 4 heteroatoms. The van der Waals surface area contributed by atoms with Gasteiger partial charge in [-0.05, 0) is 59.3 Å². The van der Waals surface area contributed by atoms with Crippen molar-refractivity contribution in [3.05, 3.63) is 35.9 Å². The lowest BCUT2D eigenvalue weighted by Gasteiger charge is -2.22. The predicted molar refractivity (Wildman–Crippen MR) is 87.5 cm³/mol. The summed E-state index contributed by atoms with van der Waals surface area (Å²) in [4.78, 5) is 14.0. The van der Waals surface area contributed by atoms with Gasteiger partial charge >= 0.3 is 5.97 Å². The van der Waals surface area contributed by atoms with Crippen LogP contribution in [0.4, 0.5) is 0 Å². The molecule has 0 aromatic heterocycles. The molecular weight excluding hydrogens is 261 g/mol. The lowest BCUT2D eigenvalue weighted by Crippen LogP contribution is -2.27. The molecule has 1 aliphatic heterocycles. The first-order chi connectivity index (χ1) is 9.79. The quantitative estimate of drug-likeness (QED) is 0.618. The first kappa shape index (κ1) is 17.8. The Balaban J connectivity index is 0.000000304. The molecule has 114 valence electrons. The van der Waals surface area contributed by atoms with Gasteiger partial charge in [-0.1, -0.05) is 30.3 Å². The first-order valence-corrected chi connectivity index (χ1v) is 7.51. The number of benzene rings is 1. The van der Waals surface area contributed by atoms with E-state index in [2.05, 4.69) is 11.9 Å². The van der Waals surface area contributed by atoms with Gasteiger partial charge in [0.25, 0.3) is 0 Å². The third-order valence-corrected chi connectivity index (χ3v) is 3.15. The lowest BCUT2D eigenvalue weighted by atomic mass is 9.81. The maximum atomic E-state index is 11.6. The Morgan fingerprint density at radius 1 is 1.19 bits per heavy atom. The van der Waals surface area contributed by atoms with Crippen LogP contribution >= 0.6 is 0 Å². The third-order valence-electron chi connectivity index (χ3n) is 3.15. The number of hydrogen-bond acceptors (Lipinski definition) is 3. The van der Waals surface area contributed by atoms with Crippen LogP contribution in [0.3, 0.4) is 0 Å². The highest BCUT2D eigenvalue weighted by atomic mass is 16.6. The number of esters is 1. The maximum Gasteiger partial charge on any atom is 0.304 e. The fraction of sp³-hybridized carbons (Fsp3) is 0.588. The monoisotopic (exact) mass is 287 g/mol. The molecule has 0 unspecified atom stereocenters. The van der Waals surface area contributed by atoms with Crippen molar-refractivity contribution in [1.82, 2.24) is 4.90 Å². The van der Waals surface area contributed by atoms with Gasteiger partial charge in [0.15, 0.2) is 0 Å². The number of hydrogen-bond donors (Lipinski definition) is 0. The van der Waals surface area contributed by atoms with Crippen LogP contribution in [0.5, 0.6) is 0 Å². The van der Waals surface area contributed by atoms with E-state index in [1.54, 1.807) is 0 Å². The number of ether oxygens (including phenoxy) is 1. The highest BCUT2D eigenvalue weighted by Crippen LogP contribution is 2.17. The SMILES string of the molecule is CN1CCCC1.[B][C@@H](C(=O)OC(C)(C)C)c1ccccc1. The van der Waals surface area contributed by atoms with E-state index in [0.29, 0.717) is 0 Å². The Morgan fingerprint density at radius 3 is 2.10 bits per heavy atom. The first-order valence-electron chi connectivity index (χ1n) is 7.51. The Kier molecular flexibility index (Phi) is 6.96. The summed E-state index contributed by atoms with van der Waals surface area (Å²) in [6.45, 7) is 8.10. The van der Waals surface area contributed by atoms with Gasteiger partial charge in [0.1, 0.15) is 5.60 Å². The van der Waals surface area contributed by atoms with Crippen molar-refractivity contribution in [2.24, 2.45) is 0 Å². The molecule has 1 aliphatic rings. The van der Waals surface area contributed by atoms with Crippen molar-refractivity contribution in [3.63, 3.8) is 0 Å². The van der Waals surface area contributed by atoms with E-state index in [9.17, 15) is 4.79 Å². The predicted octanol–water partition coefficient (Wildman–Crippen LogP) is 2.95. The molecule has 0 spiro atoms. The molecule has 1 aromatic carbocycles. The van der Waals surface area contributed by atoms with Crippen LogP contribution in [-0.2, 0) is 9.53 Å². The largest absolute Gasteiger partial charge is 0.460 e. The van der Waals surface area contributed by atoms with Gasteiger partial charge in [-0.15, -0.1) is 0 Å². The van der Waals surface area contributed by atoms with E-state index in [1.165, 1.54) is 25.9 Å². The maximum absolute atomic E-state index is 11.6. The van der Waals surface area contributed by atoms with E-state index in [4.69, 9.17) is 12.6 Å². The van der Waals surface area contributed by atoms with E-state index in [0.717, 1.165) is 5.56 Å². The summed E-state index contributed by atoms with van der Waals surface area (Å²) < 4.78 is 5.19. The van der Waals surface area contributed by atoms with E-state index < -0.39 is 17.4 Å². The summed E-state index contributed by atoms with van der Waals surface area (Å²) >= 11 is 0. The molecular formula is C17H26BNO2. The van der Waals surface area contributed by atoms with Crippen LogP contribution in [0.15, 0.2) is 30.3 Å². The van der Waals surface area contributed by atoms with Gasteiger partial charge in [0.2, 0.25) is 0 Å². The standard InChI is InChI=1S/C12H15BO2.C5H11N/c1-12(2,3)15-11(14)10(13)9-7-5-4-6-8-9;1-6-4-2-3-5-6/h4-8,10H,1-3H3;2-5H2,1H3/t10-;/m1./s1. The van der Waals surface area contributed by atoms with Crippen LogP contribution in [0.1, 0.15) is 45.0 Å². The number of nitrogens with zero attached hydrogens (tertiary/aromatic N) is 1. The minimum Gasteiger partial charge on any atom is -0.460 e. The van der Waals surface area contributed by atoms with Crippen molar-refractivity contribution in [2.75, 3.05) is 20.1 Å². The average molecular weight is 287 g/mol. The second kappa shape index (κ2) is 8.23. The van der Waals surface area contributed by atoms with Crippen LogP contribution in [0.25, 0.3) is 0 Å². The summed E-state index contributed by atoms with van der Waals surface area (Å²) in [5.74, 6) is -1.10. The number of rotatable bonds is 2. The molecule has 0 amide bonds. The highest BCUT2D eigenvalue weighted by molar-refractivity contribution is 6.23. The normalized spacial score (nSPS) is 16.8. The molecule has 1 atom stereocenters. The molecule has 1 saturated heterocycles. The zero-order valence-electron chi connectivity index (χ0n) is 13.6. The van der Waals surface area contributed by atoms with Gasteiger partial charge in [0.05, 0.1) is 7.85 Å². The van der Waals surface area contributed by atoms with Gasteiger partial charge in [0, 0.05) is 5.82 Å². The summed E-state index contributed by atoms with van der Waals surface area (Å²) in [6.07, 6.45) is 2.83. The van der Waals surface area contributed by atoms with E-state index in [1.807, 2.05) is 51.1 Å². The van der Waals surface area contributed by atoms with E-state index in [-0.39, 0.29) is 0 Å². The van der Waals surface area contributed by atoms with Gasteiger partial charge in [-0.2, -0.15) is 0 Å². The number of likely N-dealkylation sites (tertiary alicyclic amines) is 1. The summed E-state index contributed by atoms with van der Waals surface area (Å²) in [5, 5.41) is 0. The van der Waals surface area contributed by atoms with Crippen LogP contribution in [0, 0.1) is 0 Å². The van der Waals surface area contributed by atoms with Gasteiger partial charge in [-0.25, -0.2) is 0 Å². The fourth-order valence-electron chi connectivity index (χ4n) is 2.04. The Bertz CT molecular complexity index is 422. The Morgan fingerprint density at radius 2 is 1.71 bits per heavy atom. The summed E-state index contributed by atoms with van der Waals surface area (Å²) in [6, 6.07) is 9.20. The Labute approximate surface area is 130 Å².